The van der Waals surface area contributed by atoms with Crippen LogP contribution in [-0.4, -0.2) is 10.9 Å². The third kappa shape index (κ3) is 4.13. The highest BCUT2D eigenvalue weighted by atomic mass is 16.1. The van der Waals surface area contributed by atoms with Gasteiger partial charge in [-0.3, -0.25) is 9.78 Å². The normalized spacial score (nSPS) is 11.8. The zero-order valence-electron chi connectivity index (χ0n) is 14.6. The standard InChI is InChI=1S/C22H22N2O/c1-3-21(18-7-5-4-6-8-18)22(25)24-20-11-9-17(10-12-20)19-13-14-23-16(2)15-19/h4-15,21H,3H2,1-2H3,(H,24,25)/t21-/m0/s1. The Bertz CT molecular complexity index is 841. The van der Waals surface area contributed by atoms with Crippen LogP contribution in [0.2, 0.25) is 0 Å². The number of hydrogen-bond donors (Lipinski definition) is 1. The summed E-state index contributed by atoms with van der Waals surface area (Å²) in [5, 5.41) is 3.03. The van der Waals surface area contributed by atoms with Crippen molar-refractivity contribution in [3.8, 4) is 11.1 Å². The Morgan fingerprint density at radius 1 is 1.00 bits per heavy atom. The van der Waals surface area contributed by atoms with Gasteiger partial charge in [0.25, 0.3) is 0 Å². The van der Waals surface area contributed by atoms with Gasteiger partial charge in [-0.15, -0.1) is 0 Å². The number of aromatic nitrogens is 1. The Balaban J connectivity index is 1.73. The van der Waals surface area contributed by atoms with E-state index >= 15 is 0 Å². The largest absolute Gasteiger partial charge is 0.326 e. The van der Waals surface area contributed by atoms with Crippen molar-refractivity contribution in [1.82, 2.24) is 4.98 Å². The molecule has 3 nitrogen and oxygen atoms in total. The number of carbonyl (C=O) groups excluding carboxylic acids is 1. The second-order valence-corrected chi connectivity index (χ2v) is 6.12. The van der Waals surface area contributed by atoms with E-state index in [-0.39, 0.29) is 11.8 Å². The Labute approximate surface area is 148 Å². The molecule has 1 aromatic heterocycles. The molecule has 1 N–H and O–H groups in total. The summed E-state index contributed by atoms with van der Waals surface area (Å²) in [5.41, 5.74) is 5.09. The molecular weight excluding hydrogens is 308 g/mol. The fourth-order valence-electron chi connectivity index (χ4n) is 2.96. The lowest BCUT2D eigenvalue weighted by atomic mass is 9.95. The first-order valence-corrected chi connectivity index (χ1v) is 8.56. The molecule has 0 aliphatic rings. The third-order valence-corrected chi connectivity index (χ3v) is 4.31. The molecule has 0 aliphatic carbocycles. The lowest BCUT2D eigenvalue weighted by molar-refractivity contribution is -0.117. The van der Waals surface area contributed by atoms with Crippen LogP contribution in [0.25, 0.3) is 11.1 Å². The quantitative estimate of drug-likeness (QED) is 0.699. The van der Waals surface area contributed by atoms with Crippen LogP contribution in [-0.2, 0) is 4.79 Å². The van der Waals surface area contributed by atoms with E-state index in [0.29, 0.717) is 0 Å². The van der Waals surface area contributed by atoms with Crippen LogP contribution < -0.4 is 5.32 Å². The SMILES string of the molecule is CC[C@H](C(=O)Nc1ccc(-c2ccnc(C)c2)cc1)c1ccccc1. The molecule has 0 unspecified atom stereocenters. The topological polar surface area (TPSA) is 42.0 Å². The summed E-state index contributed by atoms with van der Waals surface area (Å²) in [4.78, 5) is 16.8. The summed E-state index contributed by atoms with van der Waals surface area (Å²) in [6.07, 6.45) is 2.58. The maximum Gasteiger partial charge on any atom is 0.231 e. The van der Waals surface area contributed by atoms with Crippen LogP contribution >= 0.6 is 0 Å². The Kier molecular flexibility index (Phi) is 5.24. The fourth-order valence-corrected chi connectivity index (χ4v) is 2.96. The minimum Gasteiger partial charge on any atom is -0.326 e. The van der Waals surface area contributed by atoms with Crippen molar-refractivity contribution in [2.45, 2.75) is 26.2 Å². The zero-order valence-corrected chi connectivity index (χ0v) is 14.6. The zero-order chi connectivity index (χ0) is 17.6. The van der Waals surface area contributed by atoms with Gasteiger partial charge in [-0.2, -0.15) is 0 Å². The molecular formula is C22H22N2O. The van der Waals surface area contributed by atoms with Crippen molar-refractivity contribution in [2.75, 3.05) is 5.32 Å². The summed E-state index contributed by atoms with van der Waals surface area (Å²) in [5.74, 6) is -0.107. The van der Waals surface area contributed by atoms with Crippen molar-refractivity contribution >= 4 is 11.6 Å². The van der Waals surface area contributed by atoms with Gasteiger partial charge in [0.15, 0.2) is 0 Å². The summed E-state index contributed by atoms with van der Waals surface area (Å²) >= 11 is 0. The molecule has 3 rings (SSSR count). The first-order valence-electron chi connectivity index (χ1n) is 8.56. The second kappa shape index (κ2) is 7.75. The van der Waals surface area contributed by atoms with Gasteiger partial charge in [0.1, 0.15) is 0 Å². The average Bonchev–Trinajstić information content (AvgIpc) is 2.64. The van der Waals surface area contributed by atoms with Crippen molar-refractivity contribution in [3.05, 3.63) is 84.2 Å². The predicted octanol–water partition coefficient (Wildman–Crippen LogP) is 5.19. The molecule has 1 atom stereocenters. The van der Waals surface area contributed by atoms with Crippen LogP contribution in [0.1, 0.15) is 30.5 Å². The minimum absolute atomic E-state index is 0.0289. The lowest BCUT2D eigenvalue weighted by Crippen LogP contribution is -2.20. The van der Waals surface area contributed by atoms with E-state index < -0.39 is 0 Å². The molecule has 0 aliphatic heterocycles. The molecule has 0 bridgehead atoms. The van der Waals surface area contributed by atoms with Gasteiger partial charge in [-0.05, 0) is 54.3 Å². The van der Waals surface area contributed by atoms with Gasteiger partial charge in [0.05, 0.1) is 5.92 Å². The molecule has 25 heavy (non-hydrogen) atoms. The van der Waals surface area contributed by atoms with Crippen molar-refractivity contribution < 1.29 is 4.79 Å². The average molecular weight is 330 g/mol. The molecule has 126 valence electrons. The number of aryl methyl sites for hydroxylation is 1. The molecule has 2 aromatic carbocycles. The molecule has 3 aromatic rings. The minimum atomic E-state index is -0.135. The molecule has 1 amide bonds. The molecule has 0 saturated carbocycles. The van der Waals surface area contributed by atoms with Gasteiger partial charge in [0, 0.05) is 17.6 Å². The van der Waals surface area contributed by atoms with E-state index in [1.807, 2.05) is 80.7 Å². The monoisotopic (exact) mass is 330 g/mol. The second-order valence-electron chi connectivity index (χ2n) is 6.12. The van der Waals surface area contributed by atoms with Gasteiger partial charge < -0.3 is 5.32 Å². The van der Waals surface area contributed by atoms with Crippen LogP contribution in [0.5, 0.6) is 0 Å². The predicted molar refractivity (Wildman–Crippen MR) is 103 cm³/mol. The number of anilines is 1. The lowest BCUT2D eigenvalue weighted by Gasteiger charge is -2.15. The number of benzene rings is 2. The number of carbonyl (C=O) groups is 1. The highest BCUT2D eigenvalue weighted by Gasteiger charge is 2.18. The van der Waals surface area contributed by atoms with Crippen molar-refractivity contribution in [3.63, 3.8) is 0 Å². The summed E-state index contributed by atoms with van der Waals surface area (Å²) in [6.45, 7) is 4.01. The van der Waals surface area contributed by atoms with Crippen LogP contribution in [0.15, 0.2) is 72.9 Å². The number of amides is 1. The number of pyridine rings is 1. The number of rotatable bonds is 5. The first kappa shape index (κ1) is 16.9. The van der Waals surface area contributed by atoms with Gasteiger partial charge in [0.2, 0.25) is 5.91 Å². The summed E-state index contributed by atoms with van der Waals surface area (Å²) in [7, 11) is 0. The maximum atomic E-state index is 12.6. The highest BCUT2D eigenvalue weighted by molar-refractivity contribution is 5.96. The van der Waals surface area contributed by atoms with Gasteiger partial charge in [-0.25, -0.2) is 0 Å². The Hall–Kier alpha value is -2.94. The van der Waals surface area contributed by atoms with E-state index in [9.17, 15) is 4.79 Å². The Morgan fingerprint density at radius 3 is 2.36 bits per heavy atom. The summed E-state index contributed by atoms with van der Waals surface area (Å²) < 4.78 is 0. The molecule has 0 fully saturated rings. The summed E-state index contributed by atoms with van der Waals surface area (Å²) in [6, 6.07) is 21.9. The Morgan fingerprint density at radius 2 is 1.72 bits per heavy atom. The van der Waals surface area contributed by atoms with Crippen molar-refractivity contribution in [1.29, 1.82) is 0 Å². The molecule has 3 heteroatoms. The van der Waals surface area contributed by atoms with E-state index in [0.717, 1.165) is 34.5 Å². The number of hydrogen-bond acceptors (Lipinski definition) is 2. The first-order chi connectivity index (χ1) is 12.2. The van der Waals surface area contributed by atoms with Crippen molar-refractivity contribution in [2.24, 2.45) is 0 Å². The third-order valence-electron chi connectivity index (χ3n) is 4.31. The number of nitrogens with one attached hydrogen (secondary N) is 1. The van der Waals surface area contributed by atoms with E-state index in [4.69, 9.17) is 0 Å². The van der Waals surface area contributed by atoms with Crippen LogP contribution in [0, 0.1) is 6.92 Å². The van der Waals surface area contributed by atoms with Gasteiger partial charge >= 0.3 is 0 Å². The van der Waals surface area contributed by atoms with Crippen LogP contribution in [0.4, 0.5) is 5.69 Å². The van der Waals surface area contributed by atoms with Crippen LogP contribution in [0.3, 0.4) is 0 Å². The molecule has 0 spiro atoms. The van der Waals surface area contributed by atoms with E-state index in [1.54, 1.807) is 0 Å². The molecule has 0 saturated heterocycles. The molecule has 0 radical (unpaired) electrons. The maximum absolute atomic E-state index is 12.6. The van der Waals surface area contributed by atoms with E-state index in [1.165, 1.54) is 0 Å². The fraction of sp³-hybridized carbons (Fsp3) is 0.182. The smallest absolute Gasteiger partial charge is 0.231 e. The van der Waals surface area contributed by atoms with Gasteiger partial charge in [-0.1, -0.05) is 49.4 Å². The van der Waals surface area contributed by atoms with E-state index in [2.05, 4.69) is 16.4 Å². The number of nitrogens with zero attached hydrogens (tertiary/aromatic N) is 1. The highest BCUT2D eigenvalue weighted by Crippen LogP contribution is 2.24. The molecule has 1 heterocycles.